The Bertz CT molecular complexity index is 1190. The summed E-state index contributed by atoms with van der Waals surface area (Å²) in [6.45, 7) is 2.56. The second kappa shape index (κ2) is 12.1. The molecule has 4 amide bonds. The average molecular weight is 546 g/mol. The minimum Gasteiger partial charge on any atom is -0.334 e. The van der Waals surface area contributed by atoms with Gasteiger partial charge >= 0.3 is 12.2 Å². The topological polar surface area (TPSA) is 99.0 Å². The van der Waals surface area contributed by atoms with E-state index >= 15 is 0 Å². The molecule has 0 spiro atoms. The molecule has 2 aliphatic heterocycles. The first-order chi connectivity index (χ1) is 18.6. The summed E-state index contributed by atoms with van der Waals surface area (Å²) in [5, 5.41) is 2.73. The van der Waals surface area contributed by atoms with Gasteiger partial charge in [-0.2, -0.15) is 13.2 Å². The van der Waals surface area contributed by atoms with Gasteiger partial charge in [-0.3, -0.25) is 9.59 Å². The van der Waals surface area contributed by atoms with Gasteiger partial charge in [0.2, 0.25) is 11.8 Å². The molecule has 39 heavy (non-hydrogen) atoms. The highest BCUT2D eigenvalue weighted by Crippen LogP contribution is 2.31. The van der Waals surface area contributed by atoms with Crippen LogP contribution in [-0.2, 0) is 28.9 Å². The highest BCUT2D eigenvalue weighted by Gasteiger charge is 2.48. The number of nitrogens with zero attached hydrogens (tertiary/aromatic N) is 3. The Morgan fingerprint density at radius 3 is 2.51 bits per heavy atom. The van der Waals surface area contributed by atoms with Crippen molar-refractivity contribution >= 4 is 17.8 Å². The summed E-state index contributed by atoms with van der Waals surface area (Å²) < 4.78 is 39.8. The van der Waals surface area contributed by atoms with E-state index in [1.165, 1.54) is 9.80 Å². The van der Waals surface area contributed by atoms with Crippen LogP contribution in [0.4, 0.5) is 18.0 Å². The molecule has 1 unspecified atom stereocenters. The van der Waals surface area contributed by atoms with Crippen molar-refractivity contribution in [3.05, 3.63) is 70.8 Å². The number of carbonyl (C=O) groups excluding carboxylic acids is 3. The van der Waals surface area contributed by atoms with Crippen molar-refractivity contribution < 1.29 is 27.6 Å². The largest absolute Gasteiger partial charge is 0.416 e. The number of aryl methyl sites for hydroxylation is 1. The maximum Gasteiger partial charge on any atom is 0.416 e. The van der Waals surface area contributed by atoms with E-state index in [2.05, 4.69) is 5.32 Å². The van der Waals surface area contributed by atoms with E-state index in [1.54, 1.807) is 17.9 Å². The van der Waals surface area contributed by atoms with Crippen LogP contribution in [0.3, 0.4) is 0 Å². The van der Waals surface area contributed by atoms with Crippen LogP contribution in [0.25, 0.3) is 0 Å². The molecule has 2 heterocycles. The van der Waals surface area contributed by atoms with Crippen molar-refractivity contribution in [3.63, 3.8) is 0 Å². The van der Waals surface area contributed by atoms with Crippen molar-refractivity contribution in [1.82, 2.24) is 20.0 Å². The molecule has 2 aromatic rings. The van der Waals surface area contributed by atoms with E-state index in [9.17, 15) is 27.6 Å². The van der Waals surface area contributed by atoms with Crippen LogP contribution >= 0.6 is 0 Å². The number of alkyl halides is 3. The summed E-state index contributed by atoms with van der Waals surface area (Å²) in [6.07, 6.45) is -3.32. The third-order valence-electron chi connectivity index (χ3n) is 7.17. The monoisotopic (exact) mass is 545 g/mol. The molecule has 2 atom stereocenters. The maximum absolute atomic E-state index is 13.5. The Morgan fingerprint density at radius 2 is 1.82 bits per heavy atom. The van der Waals surface area contributed by atoms with Crippen molar-refractivity contribution in [1.29, 1.82) is 0 Å². The third-order valence-corrected chi connectivity index (χ3v) is 7.17. The summed E-state index contributed by atoms with van der Waals surface area (Å²) in [7, 11) is 0. The molecule has 8 nitrogen and oxygen atoms in total. The van der Waals surface area contributed by atoms with E-state index in [4.69, 9.17) is 5.73 Å². The van der Waals surface area contributed by atoms with Crippen LogP contribution in [0.5, 0.6) is 0 Å². The van der Waals surface area contributed by atoms with Gasteiger partial charge in [0.05, 0.1) is 12.1 Å². The van der Waals surface area contributed by atoms with Gasteiger partial charge in [-0.05, 0) is 56.0 Å². The lowest BCUT2D eigenvalue weighted by atomic mass is 9.98. The molecule has 0 aromatic heterocycles. The van der Waals surface area contributed by atoms with Gasteiger partial charge in [-0.25, -0.2) is 4.79 Å². The molecule has 0 aliphatic carbocycles. The van der Waals surface area contributed by atoms with E-state index in [0.717, 1.165) is 17.7 Å². The zero-order valence-corrected chi connectivity index (χ0v) is 21.9. The van der Waals surface area contributed by atoms with Gasteiger partial charge in [0.25, 0.3) is 0 Å². The number of nitrogens with two attached hydrogens (primary N) is 1. The Morgan fingerprint density at radius 1 is 1.08 bits per heavy atom. The van der Waals surface area contributed by atoms with Crippen LogP contribution in [0, 0.1) is 6.92 Å². The number of benzene rings is 2. The average Bonchev–Trinajstić information content (AvgIpc) is 2.89. The second-order valence-electron chi connectivity index (χ2n) is 10.1. The number of hydrogen-bond acceptors (Lipinski definition) is 4. The van der Waals surface area contributed by atoms with Gasteiger partial charge in [0.15, 0.2) is 0 Å². The van der Waals surface area contributed by atoms with Gasteiger partial charge < -0.3 is 25.8 Å². The molecule has 210 valence electrons. The van der Waals surface area contributed by atoms with E-state index < -0.39 is 30.0 Å². The number of piperazine rings is 1. The first-order valence-corrected chi connectivity index (χ1v) is 13.1. The lowest BCUT2D eigenvalue weighted by Crippen LogP contribution is -2.71. The minimum absolute atomic E-state index is 0.0614. The minimum atomic E-state index is -4.49. The molecule has 0 saturated carbocycles. The number of halogens is 3. The fourth-order valence-electron chi connectivity index (χ4n) is 5.33. The van der Waals surface area contributed by atoms with Crippen molar-refractivity contribution in [2.75, 3.05) is 19.6 Å². The molecule has 2 aromatic carbocycles. The Balaban J connectivity index is 1.55. The van der Waals surface area contributed by atoms with Crippen LogP contribution in [0.2, 0.25) is 0 Å². The molecule has 0 bridgehead atoms. The Hall–Kier alpha value is -3.60. The normalized spacial score (nSPS) is 19.8. The van der Waals surface area contributed by atoms with Crippen LogP contribution in [0.15, 0.2) is 48.5 Å². The van der Waals surface area contributed by atoms with Crippen LogP contribution in [-0.4, -0.2) is 64.4 Å². The van der Waals surface area contributed by atoms with Crippen molar-refractivity contribution in [2.24, 2.45) is 5.73 Å². The molecule has 11 heteroatoms. The molecule has 4 rings (SSSR count). The number of hydrogen-bond donors (Lipinski definition) is 2. The van der Waals surface area contributed by atoms with Crippen molar-refractivity contribution in [2.45, 2.75) is 64.1 Å². The summed E-state index contributed by atoms with van der Waals surface area (Å²) in [4.78, 5) is 44.7. The number of unbranched alkanes of at least 4 members (excludes halogenated alkanes) is 1. The zero-order chi connectivity index (χ0) is 28.2. The molecule has 2 aliphatic rings. The molecular formula is C28H34F3N5O3. The van der Waals surface area contributed by atoms with E-state index in [-0.39, 0.29) is 37.9 Å². The number of rotatable bonds is 8. The predicted octanol–water partition coefficient (Wildman–Crippen LogP) is 3.62. The highest BCUT2D eigenvalue weighted by molar-refractivity contribution is 5.91. The number of nitrogens with one attached hydrogen (secondary N) is 1. The lowest BCUT2D eigenvalue weighted by Gasteiger charge is -2.52. The summed E-state index contributed by atoms with van der Waals surface area (Å²) >= 11 is 0. The molecule has 2 fully saturated rings. The van der Waals surface area contributed by atoms with Gasteiger partial charge in [0, 0.05) is 26.1 Å². The number of urea groups is 1. The zero-order valence-electron chi connectivity index (χ0n) is 21.9. The van der Waals surface area contributed by atoms with Crippen LogP contribution in [0.1, 0.15) is 47.9 Å². The van der Waals surface area contributed by atoms with Crippen LogP contribution < -0.4 is 11.1 Å². The summed E-state index contributed by atoms with van der Waals surface area (Å²) in [5.74, 6) is -0.356. The fourth-order valence-corrected chi connectivity index (χ4v) is 5.33. The van der Waals surface area contributed by atoms with Gasteiger partial charge in [0.1, 0.15) is 12.2 Å². The predicted molar refractivity (Wildman–Crippen MR) is 139 cm³/mol. The summed E-state index contributed by atoms with van der Waals surface area (Å²) in [6, 6.07) is 11.9. The first kappa shape index (κ1) is 28.4. The van der Waals surface area contributed by atoms with Gasteiger partial charge in [-0.15, -0.1) is 0 Å². The number of amides is 4. The maximum atomic E-state index is 13.5. The third kappa shape index (κ3) is 6.70. The molecular weight excluding hydrogens is 511 g/mol. The first-order valence-electron chi connectivity index (χ1n) is 13.1. The van der Waals surface area contributed by atoms with Gasteiger partial charge in [-0.1, -0.05) is 42.0 Å². The lowest BCUT2D eigenvalue weighted by molar-refractivity contribution is -0.167. The van der Waals surface area contributed by atoms with E-state index in [0.29, 0.717) is 43.5 Å². The number of carbonyl (C=O) groups is 3. The standard InChI is InChI=1S/C28H34F3N5O3/c1-19-13-21(15-22(14-19)28(29,30)31)16-33-27(39)35-12-10-25(37)36-23(9-5-6-11-32)26(38)34(18-24(35)36)17-20-7-3-2-4-8-20/h2-4,7-8,13-15,23-24H,5-6,9-12,16-18,32H2,1H3,(H,33,39)/t23-,24?/m0/s1. The fraction of sp³-hybridized carbons (Fsp3) is 0.464. The smallest absolute Gasteiger partial charge is 0.334 e. The molecule has 2 saturated heterocycles. The van der Waals surface area contributed by atoms with Crippen molar-refractivity contribution in [3.8, 4) is 0 Å². The SMILES string of the molecule is Cc1cc(CNC(=O)N2CCC(=O)N3C2CN(Cc2ccccc2)C(=O)[C@@H]3CCCCN)cc(C(F)(F)F)c1. The second-order valence-corrected chi connectivity index (χ2v) is 10.1. The Labute approximate surface area is 225 Å². The number of fused-ring (bicyclic) bond motifs is 1. The summed E-state index contributed by atoms with van der Waals surface area (Å²) in [5.41, 5.74) is 6.57. The van der Waals surface area contributed by atoms with E-state index in [1.807, 2.05) is 30.3 Å². The molecule has 3 N–H and O–H groups in total. The highest BCUT2D eigenvalue weighted by atomic mass is 19.4. The quantitative estimate of drug-likeness (QED) is 0.495. The molecule has 0 radical (unpaired) electrons. The Kier molecular flexibility index (Phi) is 8.79.